The van der Waals surface area contributed by atoms with E-state index in [1.54, 1.807) is 0 Å². The molecule has 0 fully saturated rings. The fourth-order valence-corrected chi connectivity index (χ4v) is 1.40. The number of phenols is 1. The summed E-state index contributed by atoms with van der Waals surface area (Å²) in [5.74, 6) is -0.0935. The van der Waals surface area contributed by atoms with Crippen LogP contribution in [0, 0.1) is 10.1 Å². The fourth-order valence-electron chi connectivity index (χ4n) is 1.40. The van der Waals surface area contributed by atoms with Crippen LogP contribution < -0.4 is 5.32 Å². The third kappa shape index (κ3) is 4.28. The lowest BCUT2D eigenvalue weighted by molar-refractivity contribution is -0.384. The summed E-state index contributed by atoms with van der Waals surface area (Å²) in [6, 6.07) is 4.03. The number of non-ortho nitro benzene ring substituents is 1. The van der Waals surface area contributed by atoms with Crippen LogP contribution in [0.4, 0.5) is 11.4 Å². The molecule has 0 saturated carbocycles. The minimum absolute atomic E-state index is 0.0935. The molecule has 0 atom stereocenters. The molecule has 0 amide bonds. The Morgan fingerprint density at radius 2 is 2.18 bits per heavy atom. The minimum Gasteiger partial charge on any atom is -0.506 e. The third-order valence-corrected chi connectivity index (χ3v) is 2.29. The number of nitro benzene ring substituents is 1. The molecule has 0 aromatic heterocycles. The van der Waals surface area contributed by atoms with Crippen LogP contribution in [-0.2, 0) is 0 Å². The van der Waals surface area contributed by atoms with Crippen molar-refractivity contribution in [3.05, 3.63) is 28.3 Å². The molecule has 0 aliphatic heterocycles. The van der Waals surface area contributed by atoms with E-state index >= 15 is 0 Å². The molecule has 94 valence electrons. The van der Waals surface area contributed by atoms with E-state index in [1.165, 1.54) is 12.1 Å². The summed E-state index contributed by atoms with van der Waals surface area (Å²) in [6.07, 6.45) is 0.934. The molecule has 0 heterocycles. The Hall–Kier alpha value is -1.82. The van der Waals surface area contributed by atoms with Crippen molar-refractivity contribution >= 4 is 11.4 Å². The third-order valence-electron chi connectivity index (χ3n) is 2.29. The van der Waals surface area contributed by atoms with Gasteiger partial charge in [-0.3, -0.25) is 10.1 Å². The van der Waals surface area contributed by atoms with E-state index in [2.05, 4.69) is 10.2 Å². The number of nitro groups is 1. The molecule has 6 heteroatoms. The molecule has 17 heavy (non-hydrogen) atoms. The monoisotopic (exact) mass is 239 g/mol. The van der Waals surface area contributed by atoms with Crippen molar-refractivity contribution in [2.45, 2.75) is 6.42 Å². The van der Waals surface area contributed by atoms with Crippen LogP contribution in [0.3, 0.4) is 0 Å². The van der Waals surface area contributed by atoms with Crippen molar-refractivity contribution in [1.29, 1.82) is 0 Å². The maximum absolute atomic E-state index is 10.5. The van der Waals surface area contributed by atoms with Gasteiger partial charge >= 0.3 is 0 Å². The summed E-state index contributed by atoms with van der Waals surface area (Å²) < 4.78 is 0. The quantitative estimate of drug-likeness (QED) is 0.341. The highest BCUT2D eigenvalue weighted by Gasteiger charge is 2.09. The van der Waals surface area contributed by atoms with Crippen LogP contribution in [0.5, 0.6) is 5.75 Å². The smallest absolute Gasteiger partial charge is 0.273 e. The minimum atomic E-state index is -0.532. The van der Waals surface area contributed by atoms with E-state index in [1.807, 2.05) is 14.1 Å². The number of phenolic OH excluding ortho intramolecular Hbond substituents is 1. The van der Waals surface area contributed by atoms with Gasteiger partial charge in [0, 0.05) is 12.6 Å². The second kappa shape index (κ2) is 6.05. The Labute approximate surface area is 100 Å². The molecule has 0 bridgehead atoms. The summed E-state index contributed by atoms with van der Waals surface area (Å²) >= 11 is 0. The van der Waals surface area contributed by atoms with Gasteiger partial charge in [-0.15, -0.1) is 0 Å². The van der Waals surface area contributed by atoms with Gasteiger partial charge in [-0.1, -0.05) is 0 Å². The highest BCUT2D eigenvalue weighted by molar-refractivity contribution is 5.59. The highest BCUT2D eigenvalue weighted by atomic mass is 16.6. The second-order valence-corrected chi connectivity index (χ2v) is 4.04. The van der Waals surface area contributed by atoms with E-state index < -0.39 is 4.92 Å². The van der Waals surface area contributed by atoms with Gasteiger partial charge in [-0.25, -0.2) is 0 Å². The predicted molar refractivity (Wildman–Crippen MR) is 66.4 cm³/mol. The van der Waals surface area contributed by atoms with E-state index in [4.69, 9.17) is 0 Å². The zero-order chi connectivity index (χ0) is 12.8. The van der Waals surface area contributed by atoms with Crippen LogP contribution >= 0.6 is 0 Å². The Kier molecular flexibility index (Phi) is 4.71. The summed E-state index contributed by atoms with van der Waals surface area (Å²) in [6.45, 7) is 1.66. The van der Waals surface area contributed by atoms with Gasteiger partial charge in [0.25, 0.3) is 5.69 Å². The Morgan fingerprint density at radius 3 is 2.71 bits per heavy atom. The molecule has 6 nitrogen and oxygen atoms in total. The molecule has 1 aromatic rings. The molecule has 1 rings (SSSR count). The van der Waals surface area contributed by atoms with Crippen LogP contribution in [0.2, 0.25) is 0 Å². The number of hydrogen-bond acceptors (Lipinski definition) is 5. The number of nitrogens with zero attached hydrogens (tertiary/aromatic N) is 2. The molecule has 0 saturated heterocycles. The van der Waals surface area contributed by atoms with Crippen LogP contribution in [-0.4, -0.2) is 42.1 Å². The predicted octanol–water partition coefficient (Wildman–Crippen LogP) is 1.66. The lowest BCUT2D eigenvalue weighted by Gasteiger charge is -2.11. The number of rotatable bonds is 6. The summed E-state index contributed by atoms with van der Waals surface area (Å²) in [5.41, 5.74) is 0.413. The first kappa shape index (κ1) is 13.2. The largest absolute Gasteiger partial charge is 0.506 e. The lowest BCUT2D eigenvalue weighted by Crippen LogP contribution is -2.16. The van der Waals surface area contributed by atoms with Crippen LogP contribution in [0.1, 0.15) is 6.42 Å². The molecule has 0 radical (unpaired) electrons. The van der Waals surface area contributed by atoms with E-state index in [0.717, 1.165) is 19.0 Å². The number of benzene rings is 1. The molecule has 0 aliphatic rings. The molecule has 0 aliphatic carbocycles. The normalized spacial score (nSPS) is 10.5. The van der Waals surface area contributed by atoms with Gasteiger partial charge in [0.15, 0.2) is 0 Å². The molecule has 0 unspecified atom stereocenters. The van der Waals surface area contributed by atoms with Crippen molar-refractivity contribution in [1.82, 2.24) is 4.90 Å². The van der Waals surface area contributed by atoms with Gasteiger partial charge in [0.2, 0.25) is 0 Å². The topological polar surface area (TPSA) is 78.6 Å². The van der Waals surface area contributed by atoms with Crippen LogP contribution in [0.15, 0.2) is 18.2 Å². The molecular formula is C11H17N3O3. The maximum Gasteiger partial charge on any atom is 0.273 e. The van der Waals surface area contributed by atoms with Crippen molar-refractivity contribution < 1.29 is 10.0 Å². The standard InChI is InChI=1S/C11H17N3O3/c1-13(2)7-3-6-12-10-5-4-9(14(16)17)8-11(10)15/h4-5,8,12,15H,3,6-7H2,1-2H3. The van der Waals surface area contributed by atoms with Crippen molar-refractivity contribution in [3.8, 4) is 5.75 Å². The van der Waals surface area contributed by atoms with Crippen molar-refractivity contribution in [2.24, 2.45) is 0 Å². The second-order valence-electron chi connectivity index (χ2n) is 4.04. The fraction of sp³-hybridized carbons (Fsp3) is 0.455. The molecule has 0 spiro atoms. The molecule has 2 N–H and O–H groups in total. The first-order valence-electron chi connectivity index (χ1n) is 5.36. The number of aromatic hydroxyl groups is 1. The van der Waals surface area contributed by atoms with Gasteiger partial charge in [0.05, 0.1) is 16.7 Å². The van der Waals surface area contributed by atoms with E-state index in [-0.39, 0.29) is 11.4 Å². The van der Waals surface area contributed by atoms with E-state index in [9.17, 15) is 15.2 Å². The van der Waals surface area contributed by atoms with Gasteiger partial charge in [0.1, 0.15) is 5.75 Å². The lowest BCUT2D eigenvalue weighted by atomic mass is 10.2. The Balaban J connectivity index is 2.52. The first-order valence-corrected chi connectivity index (χ1v) is 5.36. The van der Waals surface area contributed by atoms with E-state index in [0.29, 0.717) is 12.2 Å². The maximum atomic E-state index is 10.5. The summed E-state index contributed by atoms with van der Waals surface area (Å²) in [4.78, 5) is 12.0. The Morgan fingerprint density at radius 1 is 1.47 bits per heavy atom. The molecule has 1 aromatic carbocycles. The summed E-state index contributed by atoms with van der Waals surface area (Å²) in [5, 5.41) is 23.1. The zero-order valence-corrected chi connectivity index (χ0v) is 10.0. The molecular weight excluding hydrogens is 222 g/mol. The number of anilines is 1. The van der Waals surface area contributed by atoms with Crippen molar-refractivity contribution in [3.63, 3.8) is 0 Å². The average Bonchev–Trinajstić information content (AvgIpc) is 2.25. The SMILES string of the molecule is CN(C)CCCNc1ccc([N+](=O)[O-])cc1O. The zero-order valence-electron chi connectivity index (χ0n) is 10.0. The van der Waals surface area contributed by atoms with Gasteiger partial charge < -0.3 is 15.3 Å². The number of hydrogen-bond donors (Lipinski definition) is 2. The van der Waals surface area contributed by atoms with Gasteiger partial charge in [-0.2, -0.15) is 0 Å². The van der Waals surface area contributed by atoms with Gasteiger partial charge in [-0.05, 0) is 33.1 Å². The van der Waals surface area contributed by atoms with Crippen LogP contribution in [0.25, 0.3) is 0 Å². The first-order chi connectivity index (χ1) is 8.00. The highest BCUT2D eigenvalue weighted by Crippen LogP contribution is 2.27. The van der Waals surface area contributed by atoms with Crippen molar-refractivity contribution in [2.75, 3.05) is 32.5 Å². The summed E-state index contributed by atoms with van der Waals surface area (Å²) in [7, 11) is 3.98. The Bertz CT molecular complexity index is 394. The number of nitrogens with one attached hydrogen (secondary N) is 1. The average molecular weight is 239 g/mol.